The van der Waals surface area contributed by atoms with Crippen LogP contribution in [0, 0.1) is 23.2 Å². The lowest BCUT2D eigenvalue weighted by Crippen LogP contribution is -2.46. The second kappa shape index (κ2) is 8.38. The molecule has 2 fully saturated rings. The highest BCUT2D eigenvalue weighted by Gasteiger charge is 2.58. The van der Waals surface area contributed by atoms with E-state index in [0.717, 1.165) is 25.7 Å². The van der Waals surface area contributed by atoms with Crippen LogP contribution in [0.25, 0.3) is 0 Å². The van der Waals surface area contributed by atoms with E-state index >= 15 is 0 Å². The third-order valence-corrected chi connectivity index (χ3v) is 10.7. The van der Waals surface area contributed by atoms with Crippen molar-refractivity contribution in [2.75, 3.05) is 20.7 Å². The number of phenols is 1. The lowest BCUT2D eigenvalue weighted by Gasteiger charge is -2.50. The van der Waals surface area contributed by atoms with Crippen molar-refractivity contribution in [1.82, 2.24) is 4.31 Å². The minimum absolute atomic E-state index is 0.00184. The smallest absolute Gasteiger partial charge is 0.242 e. The fourth-order valence-corrected chi connectivity index (χ4v) is 8.37. The second-order valence-electron chi connectivity index (χ2n) is 10.5. The van der Waals surface area contributed by atoms with Crippen LogP contribution >= 0.6 is 0 Å². The molecule has 2 aromatic carbocycles. The molecule has 182 valence electrons. The zero-order valence-electron chi connectivity index (χ0n) is 20.0. The van der Waals surface area contributed by atoms with E-state index in [1.54, 1.807) is 44.5 Å². The van der Waals surface area contributed by atoms with Gasteiger partial charge in [0.05, 0.1) is 12.0 Å². The second-order valence-corrected chi connectivity index (χ2v) is 12.6. The van der Waals surface area contributed by atoms with Crippen LogP contribution in [0.5, 0.6) is 11.5 Å². The molecule has 0 aromatic heterocycles. The Morgan fingerprint density at radius 1 is 1.15 bits per heavy atom. The Kier molecular flexibility index (Phi) is 5.76. The number of methoxy groups -OCH3 is 1. The Balaban J connectivity index is 1.42. The summed E-state index contributed by atoms with van der Waals surface area (Å²) < 4.78 is 33.2. The standard InChI is InChI=1S/C27H33NO5S/c1-27-13-12-23-22-11-5-19(29)14-17(22)4-10-24(23)26(27)18(15-25(27)30)16-28(2)34(31,32)21-8-6-20(33-3)7-9-21/h5-9,11,14,18,23-24,26,29H,4,10,12-13,15-16H2,1-3H3/t18-,23?,24?,26?,27-/m1/s1. The molecule has 2 aromatic rings. The molecule has 3 aliphatic carbocycles. The van der Waals surface area contributed by atoms with Crippen LogP contribution in [0.1, 0.15) is 49.7 Å². The SMILES string of the molecule is COc1ccc(S(=O)(=O)N(C)C[C@H]2CC(=O)[C@@]3(C)CCC4c5ccc(O)cc5CCC4C23)cc1. The summed E-state index contributed by atoms with van der Waals surface area (Å²) in [7, 11) is -0.497. The quantitative estimate of drug-likeness (QED) is 0.683. The summed E-state index contributed by atoms with van der Waals surface area (Å²) in [4.78, 5) is 13.5. The summed E-state index contributed by atoms with van der Waals surface area (Å²) in [6.45, 7) is 2.45. The topological polar surface area (TPSA) is 83.9 Å². The monoisotopic (exact) mass is 483 g/mol. The molecule has 0 radical (unpaired) electrons. The van der Waals surface area contributed by atoms with E-state index in [2.05, 4.69) is 13.0 Å². The van der Waals surface area contributed by atoms with Gasteiger partial charge < -0.3 is 9.84 Å². The van der Waals surface area contributed by atoms with Gasteiger partial charge in [-0.05, 0) is 96.9 Å². The molecule has 0 bridgehead atoms. The number of ether oxygens (including phenoxy) is 1. The normalized spacial score (nSPS) is 30.5. The van der Waals surface area contributed by atoms with Gasteiger partial charge in [-0.15, -0.1) is 0 Å². The first-order valence-corrected chi connectivity index (χ1v) is 13.5. The minimum Gasteiger partial charge on any atom is -0.508 e. The summed E-state index contributed by atoms with van der Waals surface area (Å²) in [5, 5.41) is 9.94. The number of carbonyl (C=O) groups excluding carboxylic acids is 1. The largest absolute Gasteiger partial charge is 0.508 e. The van der Waals surface area contributed by atoms with Gasteiger partial charge in [-0.2, -0.15) is 0 Å². The van der Waals surface area contributed by atoms with Gasteiger partial charge in [0.25, 0.3) is 0 Å². The number of sulfonamides is 1. The van der Waals surface area contributed by atoms with Gasteiger partial charge in [0.2, 0.25) is 10.0 Å². The molecule has 3 aliphatic rings. The molecule has 0 saturated heterocycles. The summed E-state index contributed by atoms with van der Waals surface area (Å²) in [5.41, 5.74) is 2.13. The van der Waals surface area contributed by atoms with E-state index in [0.29, 0.717) is 36.3 Å². The lowest BCUT2D eigenvalue weighted by atomic mass is 9.54. The number of aryl methyl sites for hydroxylation is 1. The molecule has 0 aliphatic heterocycles. The van der Waals surface area contributed by atoms with Crippen molar-refractivity contribution in [1.29, 1.82) is 0 Å². The van der Waals surface area contributed by atoms with E-state index in [1.807, 2.05) is 6.07 Å². The summed E-state index contributed by atoms with van der Waals surface area (Å²) in [5.74, 6) is 2.07. The van der Waals surface area contributed by atoms with Crippen LogP contribution in [0.2, 0.25) is 0 Å². The molecule has 5 atom stereocenters. The Bertz CT molecular complexity index is 1210. The van der Waals surface area contributed by atoms with Gasteiger partial charge >= 0.3 is 0 Å². The van der Waals surface area contributed by atoms with Crippen molar-refractivity contribution >= 4 is 15.8 Å². The molecule has 34 heavy (non-hydrogen) atoms. The molecule has 7 heteroatoms. The van der Waals surface area contributed by atoms with Crippen LogP contribution in [0.3, 0.4) is 0 Å². The van der Waals surface area contributed by atoms with Crippen LogP contribution < -0.4 is 4.74 Å². The van der Waals surface area contributed by atoms with Crippen molar-refractivity contribution < 1.29 is 23.1 Å². The molecular weight excluding hydrogens is 450 g/mol. The Morgan fingerprint density at radius 2 is 1.88 bits per heavy atom. The zero-order chi connectivity index (χ0) is 24.3. The molecule has 1 N–H and O–H groups in total. The van der Waals surface area contributed by atoms with Crippen molar-refractivity contribution in [2.24, 2.45) is 23.2 Å². The average molecular weight is 484 g/mol. The number of fused-ring (bicyclic) bond motifs is 5. The highest BCUT2D eigenvalue weighted by molar-refractivity contribution is 7.89. The van der Waals surface area contributed by atoms with E-state index in [4.69, 9.17) is 4.74 Å². The number of hydrogen-bond donors (Lipinski definition) is 1. The number of ketones is 1. The fourth-order valence-electron chi connectivity index (χ4n) is 7.15. The summed E-state index contributed by atoms with van der Waals surface area (Å²) >= 11 is 0. The van der Waals surface area contributed by atoms with Crippen LogP contribution in [0.4, 0.5) is 0 Å². The van der Waals surface area contributed by atoms with Gasteiger partial charge in [0.15, 0.2) is 0 Å². The molecule has 2 saturated carbocycles. The van der Waals surface area contributed by atoms with Crippen molar-refractivity contribution in [3.8, 4) is 11.5 Å². The number of Topliss-reactive ketones (excluding diaryl/α,β-unsaturated/α-hetero) is 1. The van der Waals surface area contributed by atoms with E-state index in [-0.39, 0.29) is 27.9 Å². The summed E-state index contributed by atoms with van der Waals surface area (Å²) in [6, 6.07) is 12.1. The molecule has 0 heterocycles. The number of rotatable bonds is 5. The number of benzene rings is 2. The number of phenolic OH excluding ortho intramolecular Hbond substituents is 1. The Morgan fingerprint density at radius 3 is 2.59 bits per heavy atom. The van der Waals surface area contributed by atoms with E-state index in [1.165, 1.54) is 15.4 Å². The molecule has 6 nitrogen and oxygen atoms in total. The first-order valence-electron chi connectivity index (χ1n) is 12.1. The zero-order valence-corrected chi connectivity index (χ0v) is 20.8. The van der Waals surface area contributed by atoms with Crippen molar-refractivity contribution in [3.05, 3.63) is 53.6 Å². The lowest BCUT2D eigenvalue weighted by molar-refractivity contribution is -0.129. The number of nitrogens with zero attached hydrogens (tertiary/aromatic N) is 1. The van der Waals surface area contributed by atoms with Crippen LogP contribution in [0.15, 0.2) is 47.4 Å². The van der Waals surface area contributed by atoms with Gasteiger partial charge in [-0.25, -0.2) is 12.7 Å². The van der Waals surface area contributed by atoms with Crippen LogP contribution in [-0.4, -0.2) is 44.3 Å². The van der Waals surface area contributed by atoms with Gasteiger partial charge in [0, 0.05) is 25.4 Å². The number of aromatic hydroxyl groups is 1. The Labute approximate surface area is 202 Å². The van der Waals surface area contributed by atoms with Gasteiger partial charge in [-0.3, -0.25) is 4.79 Å². The molecule has 0 spiro atoms. The number of hydrogen-bond acceptors (Lipinski definition) is 5. The maximum Gasteiger partial charge on any atom is 0.242 e. The molecule has 0 amide bonds. The first kappa shape index (κ1) is 23.4. The molecule has 5 rings (SSSR count). The highest BCUT2D eigenvalue weighted by Crippen LogP contribution is 2.61. The third kappa shape index (κ3) is 3.64. The third-order valence-electron chi connectivity index (χ3n) is 8.81. The Hall–Kier alpha value is -2.38. The average Bonchev–Trinajstić information content (AvgIpc) is 3.08. The van der Waals surface area contributed by atoms with Crippen molar-refractivity contribution in [3.63, 3.8) is 0 Å². The molecule has 3 unspecified atom stereocenters. The molecular formula is C27H33NO5S. The maximum absolute atomic E-state index is 13.3. The van der Waals surface area contributed by atoms with E-state index in [9.17, 15) is 18.3 Å². The highest BCUT2D eigenvalue weighted by atomic mass is 32.2. The number of carbonyl (C=O) groups is 1. The predicted molar refractivity (Wildman–Crippen MR) is 129 cm³/mol. The van der Waals surface area contributed by atoms with E-state index < -0.39 is 10.0 Å². The summed E-state index contributed by atoms with van der Waals surface area (Å²) in [6.07, 6.45) is 4.10. The van der Waals surface area contributed by atoms with Crippen LogP contribution in [-0.2, 0) is 21.2 Å². The van der Waals surface area contributed by atoms with Crippen molar-refractivity contribution in [2.45, 2.75) is 49.8 Å². The first-order chi connectivity index (χ1) is 16.1. The fraction of sp³-hybridized carbons (Fsp3) is 0.519. The predicted octanol–water partition coefficient (Wildman–Crippen LogP) is 4.37. The minimum atomic E-state index is -3.67. The maximum atomic E-state index is 13.3. The van der Waals surface area contributed by atoms with Gasteiger partial charge in [-0.1, -0.05) is 13.0 Å². The van der Waals surface area contributed by atoms with Gasteiger partial charge in [0.1, 0.15) is 17.3 Å².